The van der Waals surface area contributed by atoms with Crippen molar-refractivity contribution in [1.29, 1.82) is 0 Å². The smallest absolute Gasteiger partial charge is 0.134 e. The first-order chi connectivity index (χ1) is 8.38. The fourth-order valence-corrected chi connectivity index (χ4v) is 1.63. The number of nitrogens with zero attached hydrogens (tertiary/aromatic N) is 1. The van der Waals surface area contributed by atoms with Gasteiger partial charge in [0.2, 0.25) is 0 Å². The van der Waals surface area contributed by atoms with Crippen LogP contribution >= 0.6 is 0 Å². The maximum Gasteiger partial charge on any atom is 0.134 e. The van der Waals surface area contributed by atoms with Crippen LogP contribution in [-0.2, 0) is 16.2 Å². The van der Waals surface area contributed by atoms with Gasteiger partial charge in [-0.1, -0.05) is 17.3 Å². The Balaban J connectivity index is 1.63. The highest BCUT2D eigenvalue weighted by atomic mass is 16.6. The molecule has 1 atom stereocenters. The number of ether oxygens (including phenoxy) is 2. The Hall–Kier alpha value is -1.55. The molecule has 1 unspecified atom stereocenters. The van der Waals surface area contributed by atoms with Gasteiger partial charge in [0.25, 0.3) is 0 Å². The van der Waals surface area contributed by atoms with Crippen LogP contribution in [0.15, 0.2) is 29.4 Å². The van der Waals surface area contributed by atoms with Gasteiger partial charge in [0.15, 0.2) is 0 Å². The summed E-state index contributed by atoms with van der Waals surface area (Å²) in [5.41, 5.74) is 1.15. The van der Waals surface area contributed by atoms with Crippen LogP contribution in [0.4, 0.5) is 0 Å². The number of methoxy groups -OCH3 is 1. The Morgan fingerprint density at radius 1 is 1.35 bits per heavy atom. The third kappa shape index (κ3) is 3.75. The SMILES string of the molecule is COc1ccc(COCCC2CC=NO2)cc1. The van der Waals surface area contributed by atoms with Gasteiger partial charge < -0.3 is 14.3 Å². The monoisotopic (exact) mass is 235 g/mol. The Morgan fingerprint density at radius 2 is 2.18 bits per heavy atom. The van der Waals surface area contributed by atoms with Crippen LogP contribution in [0.2, 0.25) is 0 Å². The summed E-state index contributed by atoms with van der Waals surface area (Å²) in [5, 5.41) is 3.73. The minimum Gasteiger partial charge on any atom is -0.497 e. The van der Waals surface area contributed by atoms with Crippen LogP contribution in [-0.4, -0.2) is 26.0 Å². The Morgan fingerprint density at radius 3 is 2.82 bits per heavy atom. The molecule has 0 N–H and O–H groups in total. The Kier molecular flexibility index (Phi) is 4.38. The van der Waals surface area contributed by atoms with Crippen molar-refractivity contribution >= 4 is 6.21 Å². The first-order valence-electron chi connectivity index (χ1n) is 5.77. The highest BCUT2D eigenvalue weighted by molar-refractivity contribution is 5.58. The van der Waals surface area contributed by atoms with Crippen molar-refractivity contribution in [3.63, 3.8) is 0 Å². The lowest BCUT2D eigenvalue weighted by Gasteiger charge is -2.08. The Labute approximate surface area is 101 Å². The molecule has 4 heteroatoms. The van der Waals surface area contributed by atoms with Crippen LogP contribution in [0.1, 0.15) is 18.4 Å². The van der Waals surface area contributed by atoms with Gasteiger partial charge in [-0.05, 0) is 17.7 Å². The summed E-state index contributed by atoms with van der Waals surface area (Å²) in [5.74, 6) is 0.866. The van der Waals surface area contributed by atoms with E-state index < -0.39 is 0 Å². The molecule has 0 saturated heterocycles. The summed E-state index contributed by atoms with van der Waals surface area (Å²) < 4.78 is 10.7. The second-order valence-electron chi connectivity index (χ2n) is 3.94. The highest BCUT2D eigenvalue weighted by Crippen LogP contribution is 2.13. The predicted octanol–water partition coefficient (Wildman–Crippen LogP) is 2.38. The number of benzene rings is 1. The molecule has 0 aromatic heterocycles. The van der Waals surface area contributed by atoms with E-state index in [-0.39, 0.29) is 6.10 Å². The first kappa shape index (κ1) is 11.9. The molecule has 0 spiro atoms. The van der Waals surface area contributed by atoms with Gasteiger partial charge in [-0.2, -0.15) is 0 Å². The van der Waals surface area contributed by atoms with Gasteiger partial charge >= 0.3 is 0 Å². The van der Waals surface area contributed by atoms with Crippen molar-refractivity contribution in [2.24, 2.45) is 5.16 Å². The van der Waals surface area contributed by atoms with E-state index in [9.17, 15) is 0 Å². The largest absolute Gasteiger partial charge is 0.497 e. The lowest BCUT2D eigenvalue weighted by Crippen LogP contribution is -2.09. The van der Waals surface area contributed by atoms with E-state index in [4.69, 9.17) is 14.3 Å². The number of rotatable bonds is 6. The molecule has 92 valence electrons. The van der Waals surface area contributed by atoms with Gasteiger partial charge in [0.05, 0.1) is 20.3 Å². The van der Waals surface area contributed by atoms with E-state index in [2.05, 4.69) is 5.16 Å². The predicted molar refractivity (Wildman–Crippen MR) is 65.2 cm³/mol. The van der Waals surface area contributed by atoms with E-state index >= 15 is 0 Å². The number of oxime groups is 1. The summed E-state index contributed by atoms with van der Waals surface area (Å²) in [6.07, 6.45) is 3.78. The number of hydrogen-bond acceptors (Lipinski definition) is 4. The van der Waals surface area contributed by atoms with Crippen molar-refractivity contribution in [2.75, 3.05) is 13.7 Å². The molecule has 1 aliphatic rings. The van der Waals surface area contributed by atoms with Crippen LogP contribution in [0, 0.1) is 0 Å². The Bertz CT molecular complexity index is 353. The third-order valence-corrected chi connectivity index (χ3v) is 2.66. The zero-order chi connectivity index (χ0) is 11.9. The van der Waals surface area contributed by atoms with Gasteiger partial charge in [0, 0.05) is 19.1 Å². The van der Waals surface area contributed by atoms with E-state index in [1.165, 1.54) is 0 Å². The molecule has 0 amide bonds. The molecule has 1 aliphatic heterocycles. The molecule has 1 heterocycles. The average Bonchev–Trinajstić information content (AvgIpc) is 2.88. The van der Waals surface area contributed by atoms with E-state index in [1.54, 1.807) is 13.3 Å². The lowest BCUT2D eigenvalue weighted by atomic mass is 10.2. The molecule has 17 heavy (non-hydrogen) atoms. The lowest BCUT2D eigenvalue weighted by molar-refractivity contribution is 0.0391. The molecule has 0 radical (unpaired) electrons. The minimum absolute atomic E-state index is 0.200. The summed E-state index contributed by atoms with van der Waals surface area (Å²) in [7, 11) is 1.66. The van der Waals surface area contributed by atoms with Crippen molar-refractivity contribution in [3.8, 4) is 5.75 Å². The van der Waals surface area contributed by atoms with Crippen LogP contribution in [0.25, 0.3) is 0 Å². The van der Waals surface area contributed by atoms with Crippen molar-refractivity contribution in [1.82, 2.24) is 0 Å². The van der Waals surface area contributed by atoms with E-state index in [0.717, 1.165) is 24.2 Å². The quantitative estimate of drug-likeness (QED) is 0.711. The normalized spacial score (nSPS) is 18.1. The molecule has 0 aliphatic carbocycles. The summed E-state index contributed by atoms with van der Waals surface area (Å²) in [6.45, 7) is 1.32. The standard InChI is InChI=1S/C13H17NO3/c1-15-12-4-2-11(3-5-12)10-16-9-7-13-6-8-14-17-13/h2-5,8,13H,6-7,9-10H2,1H3. The summed E-state index contributed by atoms with van der Waals surface area (Å²) in [4.78, 5) is 5.11. The first-order valence-corrected chi connectivity index (χ1v) is 5.77. The zero-order valence-corrected chi connectivity index (χ0v) is 9.96. The molecule has 2 rings (SSSR count). The van der Waals surface area contributed by atoms with Gasteiger partial charge in [-0.25, -0.2) is 0 Å². The van der Waals surface area contributed by atoms with E-state index in [0.29, 0.717) is 13.2 Å². The van der Waals surface area contributed by atoms with Crippen LogP contribution in [0.5, 0.6) is 5.75 Å². The second-order valence-corrected chi connectivity index (χ2v) is 3.94. The zero-order valence-electron chi connectivity index (χ0n) is 9.96. The highest BCUT2D eigenvalue weighted by Gasteiger charge is 2.12. The fraction of sp³-hybridized carbons (Fsp3) is 0.462. The summed E-state index contributed by atoms with van der Waals surface area (Å²) in [6, 6.07) is 7.89. The molecule has 0 fully saturated rings. The van der Waals surface area contributed by atoms with Crippen LogP contribution < -0.4 is 4.74 Å². The van der Waals surface area contributed by atoms with Gasteiger partial charge in [0.1, 0.15) is 11.9 Å². The molecular formula is C13H17NO3. The van der Waals surface area contributed by atoms with Crippen molar-refractivity contribution in [3.05, 3.63) is 29.8 Å². The molecule has 1 aromatic carbocycles. The third-order valence-electron chi connectivity index (χ3n) is 2.66. The molecule has 0 saturated carbocycles. The molecule has 1 aromatic rings. The fourth-order valence-electron chi connectivity index (χ4n) is 1.63. The molecular weight excluding hydrogens is 218 g/mol. The maximum absolute atomic E-state index is 5.58. The number of hydrogen-bond donors (Lipinski definition) is 0. The molecule has 4 nitrogen and oxygen atoms in total. The minimum atomic E-state index is 0.200. The van der Waals surface area contributed by atoms with Gasteiger partial charge in [-0.15, -0.1) is 0 Å². The average molecular weight is 235 g/mol. The second kappa shape index (κ2) is 6.25. The maximum atomic E-state index is 5.58. The topological polar surface area (TPSA) is 40.0 Å². The van der Waals surface area contributed by atoms with Crippen molar-refractivity contribution in [2.45, 2.75) is 25.6 Å². The van der Waals surface area contributed by atoms with Crippen LogP contribution in [0.3, 0.4) is 0 Å². The van der Waals surface area contributed by atoms with Gasteiger partial charge in [-0.3, -0.25) is 0 Å². The summed E-state index contributed by atoms with van der Waals surface area (Å²) >= 11 is 0. The van der Waals surface area contributed by atoms with Crippen molar-refractivity contribution < 1.29 is 14.3 Å². The van der Waals surface area contributed by atoms with E-state index in [1.807, 2.05) is 24.3 Å². The molecule has 0 bridgehead atoms.